The van der Waals surface area contributed by atoms with Crippen molar-refractivity contribution in [2.24, 2.45) is 0 Å². The van der Waals surface area contributed by atoms with Gasteiger partial charge in [-0.25, -0.2) is 0 Å². The minimum atomic E-state index is -0.0729. The van der Waals surface area contributed by atoms with Crippen LogP contribution in [0.25, 0.3) is 0 Å². The molecule has 0 saturated heterocycles. The molecule has 0 unspecified atom stereocenters. The summed E-state index contributed by atoms with van der Waals surface area (Å²) in [5, 5.41) is 13.5. The quantitative estimate of drug-likeness (QED) is 0.853. The number of aliphatic hydroxyl groups excluding tert-OH is 1. The Kier molecular flexibility index (Phi) is 5.56. The van der Waals surface area contributed by atoms with E-state index in [0.717, 1.165) is 16.0 Å². The van der Waals surface area contributed by atoms with Crippen LogP contribution in [0.3, 0.4) is 0 Å². The van der Waals surface area contributed by atoms with Crippen molar-refractivity contribution in [2.75, 3.05) is 6.61 Å². The SMILES string of the molecule is Cc1ccc(C(=O)NCc2cc(C#CCCO)cs2)cc1. The maximum absolute atomic E-state index is 12.0. The molecule has 0 aliphatic heterocycles. The first-order valence-electron chi connectivity index (χ1n) is 6.71. The van der Waals surface area contributed by atoms with Crippen molar-refractivity contribution in [3.05, 3.63) is 57.3 Å². The smallest absolute Gasteiger partial charge is 0.251 e. The number of aryl methyl sites for hydroxylation is 1. The largest absolute Gasteiger partial charge is 0.395 e. The predicted molar refractivity (Wildman–Crippen MR) is 85.2 cm³/mol. The van der Waals surface area contributed by atoms with Crippen molar-refractivity contribution < 1.29 is 9.90 Å². The summed E-state index contributed by atoms with van der Waals surface area (Å²) >= 11 is 1.57. The molecule has 108 valence electrons. The van der Waals surface area contributed by atoms with Gasteiger partial charge in [0.15, 0.2) is 0 Å². The van der Waals surface area contributed by atoms with Crippen LogP contribution in [0.2, 0.25) is 0 Å². The lowest BCUT2D eigenvalue weighted by atomic mass is 10.1. The minimum absolute atomic E-state index is 0.0729. The van der Waals surface area contributed by atoms with E-state index in [1.807, 2.05) is 42.6 Å². The number of hydrogen-bond acceptors (Lipinski definition) is 3. The molecule has 1 amide bonds. The number of carbonyl (C=O) groups excluding carboxylic acids is 1. The van der Waals surface area contributed by atoms with Gasteiger partial charge in [0, 0.05) is 27.8 Å². The normalized spacial score (nSPS) is 9.81. The van der Waals surface area contributed by atoms with E-state index in [1.54, 1.807) is 11.3 Å². The maximum atomic E-state index is 12.0. The first-order valence-corrected chi connectivity index (χ1v) is 7.59. The van der Waals surface area contributed by atoms with Crippen LogP contribution in [-0.4, -0.2) is 17.6 Å². The molecule has 0 bridgehead atoms. The second-order valence-corrected chi connectivity index (χ2v) is 5.62. The molecule has 2 rings (SSSR count). The van der Waals surface area contributed by atoms with E-state index in [0.29, 0.717) is 18.5 Å². The molecule has 0 radical (unpaired) electrons. The van der Waals surface area contributed by atoms with Crippen LogP contribution in [-0.2, 0) is 6.54 Å². The molecule has 0 saturated carbocycles. The first-order chi connectivity index (χ1) is 10.2. The Morgan fingerprint density at radius 2 is 2.10 bits per heavy atom. The van der Waals surface area contributed by atoms with Crippen LogP contribution in [0.5, 0.6) is 0 Å². The van der Waals surface area contributed by atoms with Gasteiger partial charge in [0.2, 0.25) is 0 Å². The molecular formula is C17H17NO2S. The third-order valence-corrected chi connectivity index (χ3v) is 3.80. The van der Waals surface area contributed by atoms with Gasteiger partial charge in [0.25, 0.3) is 5.91 Å². The summed E-state index contributed by atoms with van der Waals surface area (Å²) < 4.78 is 0. The number of carbonyl (C=O) groups is 1. The summed E-state index contributed by atoms with van der Waals surface area (Å²) in [6.45, 7) is 2.57. The first kappa shape index (κ1) is 15.3. The summed E-state index contributed by atoms with van der Waals surface area (Å²) in [5.74, 6) is 5.79. The Bertz CT molecular complexity index is 662. The number of rotatable bonds is 4. The van der Waals surface area contributed by atoms with E-state index < -0.39 is 0 Å². The molecule has 2 N–H and O–H groups in total. The van der Waals surface area contributed by atoms with Crippen LogP contribution >= 0.6 is 11.3 Å². The fourth-order valence-corrected chi connectivity index (χ4v) is 2.49. The summed E-state index contributed by atoms with van der Waals surface area (Å²) in [6, 6.07) is 9.46. The zero-order valence-corrected chi connectivity index (χ0v) is 12.7. The molecule has 0 fully saturated rings. The lowest BCUT2D eigenvalue weighted by Gasteiger charge is -2.03. The van der Waals surface area contributed by atoms with Gasteiger partial charge < -0.3 is 10.4 Å². The van der Waals surface area contributed by atoms with Crippen molar-refractivity contribution in [1.29, 1.82) is 0 Å². The molecule has 1 heterocycles. The third-order valence-electron chi connectivity index (χ3n) is 2.86. The van der Waals surface area contributed by atoms with E-state index in [9.17, 15) is 4.79 Å². The molecule has 0 atom stereocenters. The molecule has 1 aromatic heterocycles. The highest BCUT2D eigenvalue weighted by Crippen LogP contribution is 2.14. The Hall–Kier alpha value is -2.09. The second-order valence-electron chi connectivity index (χ2n) is 4.63. The lowest BCUT2D eigenvalue weighted by Crippen LogP contribution is -2.22. The van der Waals surface area contributed by atoms with E-state index in [-0.39, 0.29) is 12.5 Å². The van der Waals surface area contributed by atoms with Crippen molar-refractivity contribution in [2.45, 2.75) is 19.9 Å². The number of benzene rings is 1. The van der Waals surface area contributed by atoms with Gasteiger partial charge in [-0.1, -0.05) is 29.5 Å². The Morgan fingerprint density at radius 3 is 2.81 bits per heavy atom. The van der Waals surface area contributed by atoms with Crippen molar-refractivity contribution in [1.82, 2.24) is 5.32 Å². The predicted octanol–water partition coefficient (Wildman–Crippen LogP) is 2.72. The zero-order valence-electron chi connectivity index (χ0n) is 11.8. The Morgan fingerprint density at radius 1 is 1.33 bits per heavy atom. The van der Waals surface area contributed by atoms with Crippen molar-refractivity contribution in [3.63, 3.8) is 0 Å². The highest BCUT2D eigenvalue weighted by molar-refractivity contribution is 7.10. The standard InChI is InChI=1S/C17H17NO2S/c1-13-5-7-15(8-6-13)17(20)18-11-16-10-14(12-21-16)4-2-3-9-19/h5-8,10,12,19H,3,9,11H2,1H3,(H,18,20). The third kappa shape index (κ3) is 4.75. The highest BCUT2D eigenvalue weighted by Gasteiger charge is 2.05. The number of nitrogens with one attached hydrogen (secondary N) is 1. The van der Waals surface area contributed by atoms with Crippen LogP contribution in [0.15, 0.2) is 35.7 Å². The Balaban J connectivity index is 1.90. The molecule has 1 aromatic carbocycles. The van der Waals surface area contributed by atoms with Gasteiger partial charge in [0.1, 0.15) is 0 Å². The van der Waals surface area contributed by atoms with Gasteiger partial charge in [0.05, 0.1) is 13.2 Å². The number of thiophene rings is 1. The summed E-state index contributed by atoms with van der Waals surface area (Å²) in [7, 11) is 0. The highest BCUT2D eigenvalue weighted by atomic mass is 32.1. The lowest BCUT2D eigenvalue weighted by molar-refractivity contribution is 0.0951. The van der Waals surface area contributed by atoms with Gasteiger partial charge in [-0.15, -0.1) is 11.3 Å². The van der Waals surface area contributed by atoms with Crippen LogP contribution in [0.4, 0.5) is 0 Å². The second kappa shape index (κ2) is 7.63. The number of aliphatic hydroxyl groups is 1. The average molecular weight is 299 g/mol. The van der Waals surface area contributed by atoms with Crippen LogP contribution < -0.4 is 5.32 Å². The van der Waals surface area contributed by atoms with E-state index in [2.05, 4.69) is 17.2 Å². The molecule has 3 nitrogen and oxygen atoms in total. The van der Waals surface area contributed by atoms with Gasteiger partial charge in [-0.2, -0.15) is 0 Å². The molecule has 0 aliphatic carbocycles. The van der Waals surface area contributed by atoms with Crippen molar-refractivity contribution >= 4 is 17.2 Å². The van der Waals surface area contributed by atoms with Crippen LogP contribution in [0, 0.1) is 18.8 Å². The number of amides is 1. The fourth-order valence-electron chi connectivity index (χ4n) is 1.73. The topological polar surface area (TPSA) is 49.3 Å². The fraction of sp³-hybridized carbons (Fsp3) is 0.235. The summed E-state index contributed by atoms with van der Waals surface area (Å²) in [4.78, 5) is 13.0. The van der Waals surface area contributed by atoms with Crippen LogP contribution in [0.1, 0.15) is 32.8 Å². The number of hydrogen-bond donors (Lipinski definition) is 2. The van der Waals surface area contributed by atoms with Gasteiger partial charge in [-0.3, -0.25) is 4.79 Å². The minimum Gasteiger partial charge on any atom is -0.395 e. The van der Waals surface area contributed by atoms with Gasteiger partial charge >= 0.3 is 0 Å². The monoisotopic (exact) mass is 299 g/mol. The molecule has 21 heavy (non-hydrogen) atoms. The van der Waals surface area contributed by atoms with Gasteiger partial charge in [-0.05, 0) is 25.1 Å². The average Bonchev–Trinajstić information content (AvgIpc) is 2.94. The van der Waals surface area contributed by atoms with Crippen molar-refractivity contribution in [3.8, 4) is 11.8 Å². The molecule has 4 heteroatoms. The molecule has 0 aliphatic rings. The molecule has 2 aromatic rings. The van der Waals surface area contributed by atoms with E-state index in [1.165, 1.54) is 0 Å². The summed E-state index contributed by atoms with van der Waals surface area (Å²) in [6.07, 6.45) is 0.481. The zero-order chi connectivity index (χ0) is 15.1. The molecular weight excluding hydrogens is 282 g/mol. The van der Waals surface area contributed by atoms with E-state index >= 15 is 0 Å². The Labute approximate surface area is 128 Å². The summed E-state index contributed by atoms with van der Waals surface area (Å²) in [5.41, 5.74) is 2.73. The maximum Gasteiger partial charge on any atom is 0.251 e. The molecule has 0 spiro atoms. The van der Waals surface area contributed by atoms with E-state index in [4.69, 9.17) is 5.11 Å².